The Kier molecular flexibility index (Phi) is 3.37. The average molecular weight is 255 g/mol. The first-order valence-corrected chi connectivity index (χ1v) is 5.70. The molecule has 1 aromatic carbocycles. The van der Waals surface area contributed by atoms with Gasteiger partial charge < -0.3 is 4.90 Å². The molecule has 0 bridgehead atoms. The summed E-state index contributed by atoms with van der Waals surface area (Å²) in [5.74, 6) is -0.482. The second-order valence-electron chi connectivity index (χ2n) is 4.37. The molecule has 0 amide bonds. The number of benzene rings is 1. The highest BCUT2D eigenvalue weighted by molar-refractivity contribution is 6.34. The second kappa shape index (κ2) is 4.97. The van der Waals surface area contributed by atoms with Crippen molar-refractivity contribution in [1.29, 1.82) is 5.53 Å². The Balaban J connectivity index is 2.54. The Morgan fingerprint density at radius 1 is 1.16 bits per heavy atom. The molecule has 0 radical (unpaired) electrons. The Labute approximate surface area is 110 Å². The average Bonchev–Trinajstić information content (AvgIpc) is 2.40. The molecule has 0 aromatic heterocycles. The number of allylic oxidation sites excluding steroid dienone is 4. The molecule has 1 N–H and O–H groups in total. The van der Waals surface area contributed by atoms with E-state index in [4.69, 9.17) is 5.53 Å². The number of rotatable bonds is 3. The summed E-state index contributed by atoms with van der Waals surface area (Å²) in [7, 11) is 3.75. The van der Waals surface area contributed by atoms with E-state index < -0.39 is 0 Å². The van der Waals surface area contributed by atoms with Gasteiger partial charge in [-0.15, -0.1) is 0 Å². The van der Waals surface area contributed by atoms with Crippen LogP contribution in [0.15, 0.2) is 41.5 Å². The monoisotopic (exact) mass is 255 g/mol. The highest BCUT2D eigenvalue weighted by Gasteiger charge is 2.18. The maximum atomic E-state index is 11.8. The van der Waals surface area contributed by atoms with E-state index >= 15 is 0 Å². The van der Waals surface area contributed by atoms with Crippen LogP contribution in [0.5, 0.6) is 0 Å². The van der Waals surface area contributed by atoms with E-state index in [1.165, 1.54) is 18.2 Å². The first-order chi connectivity index (χ1) is 9.02. The lowest BCUT2D eigenvalue weighted by molar-refractivity contribution is -0.113. The molecule has 0 saturated heterocycles. The number of carbonyl (C=O) groups is 2. The Bertz CT molecular complexity index is 628. The van der Waals surface area contributed by atoms with Gasteiger partial charge in [0.05, 0.1) is 5.69 Å². The molecule has 96 valence electrons. The van der Waals surface area contributed by atoms with Crippen molar-refractivity contribution in [2.75, 3.05) is 19.0 Å². The highest BCUT2D eigenvalue weighted by atomic mass is 16.1. The summed E-state index contributed by atoms with van der Waals surface area (Å²) in [4.78, 5) is 25.0. The lowest BCUT2D eigenvalue weighted by atomic mass is 9.95. The molecular formula is C14H13N3O2. The quantitative estimate of drug-likeness (QED) is 0.666. The third-order valence-electron chi connectivity index (χ3n) is 2.86. The zero-order valence-corrected chi connectivity index (χ0v) is 10.7. The van der Waals surface area contributed by atoms with Crippen LogP contribution in [0.4, 0.5) is 11.4 Å². The second-order valence-corrected chi connectivity index (χ2v) is 4.37. The summed E-state index contributed by atoms with van der Waals surface area (Å²) in [6.45, 7) is 0. The largest absolute Gasteiger partial charge is 0.378 e. The number of nitrogens with zero attached hydrogens (tertiary/aromatic N) is 2. The van der Waals surface area contributed by atoms with Gasteiger partial charge in [-0.05, 0) is 36.4 Å². The van der Waals surface area contributed by atoms with Gasteiger partial charge in [0, 0.05) is 30.9 Å². The van der Waals surface area contributed by atoms with Gasteiger partial charge in [-0.1, -0.05) is 0 Å². The predicted molar refractivity (Wildman–Crippen MR) is 72.7 cm³/mol. The summed E-state index contributed by atoms with van der Waals surface area (Å²) >= 11 is 0. The van der Waals surface area contributed by atoms with E-state index in [2.05, 4.69) is 5.11 Å². The minimum absolute atomic E-state index is 0.234. The molecule has 1 aromatic rings. The standard InChI is InChI=1S/C14H13N3O2/c1-17(2)9-3-5-11(13(7-9)16-15)12-8-10(18)4-6-14(12)19/h3-8,15H,1-2H3. The first kappa shape index (κ1) is 12.9. The van der Waals surface area contributed by atoms with Crippen LogP contribution in [0.3, 0.4) is 0 Å². The maximum absolute atomic E-state index is 11.8. The maximum Gasteiger partial charge on any atom is 0.186 e. The van der Waals surface area contributed by atoms with Crippen molar-refractivity contribution in [3.8, 4) is 0 Å². The van der Waals surface area contributed by atoms with E-state index in [0.29, 0.717) is 11.3 Å². The summed E-state index contributed by atoms with van der Waals surface area (Å²) in [5.41, 5.74) is 9.25. The van der Waals surface area contributed by atoms with Crippen molar-refractivity contribution < 1.29 is 9.59 Å². The Morgan fingerprint density at radius 2 is 1.89 bits per heavy atom. The van der Waals surface area contributed by atoms with Crippen LogP contribution in [0.1, 0.15) is 5.56 Å². The van der Waals surface area contributed by atoms with Crippen LogP contribution < -0.4 is 4.90 Å². The zero-order chi connectivity index (χ0) is 14.0. The van der Waals surface area contributed by atoms with Gasteiger partial charge in [0.2, 0.25) is 0 Å². The van der Waals surface area contributed by atoms with Gasteiger partial charge in [-0.25, -0.2) is 5.53 Å². The SMILES string of the molecule is CN(C)c1ccc(C2=CC(=O)C=CC2=O)c(N=N)c1. The van der Waals surface area contributed by atoms with Crippen molar-refractivity contribution in [1.82, 2.24) is 0 Å². The molecule has 1 aliphatic carbocycles. The van der Waals surface area contributed by atoms with Gasteiger partial charge in [0.25, 0.3) is 0 Å². The molecule has 19 heavy (non-hydrogen) atoms. The van der Waals surface area contributed by atoms with Gasteiger partial charge >= 0.3 is 0 Å². The summed E-state index contributed by atoms with van der Waals surface area (Å²) in [5, 5.41) is 3.44. The van der Waals surface area contributed by atoms with Gasteiger partial charge in [-0.2, -0.15) is 5.11 Å². The van der Waals surface area contributed by atoms with Gasteiger partial charge in [-0.3, -0.25) is 9.59 Å². The predicted octanol–water partition coefficient (Wildman–Crippen LogP) is 2.51. The van der Waals surface area contributed by atoms with Crippen molar-refractivity contribution >= 4 is 28.5 Å². The third kappa shape index (κ3) is 2.49. The van der Waals surface area contributed by atoms with Crippen molar-refractivity contribution in [2.24, 2.45) is 5.11 Å². The van der Waals surface area contributed by atoms with Crippen LogP contribution in [-0.4, -0.2) is 25.7 Å². The molecule has 2 rings (SSSR count). The summed E-state index contributed by atoms with van der Waals surface area (Å²) < 4.78 is 0. The summed E-state index contributed by atoms with van der Waals surface area (Å²) in [6, 6.07) is 5.24. The van der Waals surface area contributed by atoms with E-state index in [1.54, 1.807) is 12.1 Å². The van der Waals surface area contributed by atoms with E-state index in [1.807, 2.05) is 25.1 Å². The van der Waals surface area contributed by atoms with Crippen LogP contribution >= 0.6 is 0 Å². The molecule has 0 unspecified atom stereocenters. The smallest absolute Gasteiger partial charge is 0.186 e. The minimum atomic E-state index is -0.248. The fraction of sp³-hybridized carbons (Fsp3) is 0.143. The van der Waals surface area contributed by atoms with Crippen LogP contribution in [-0.2, 0) is 9.59 Å². The number of hydrogen-bond acceptors (Lipinski definition) is 5. The number of anilines is 1. The Hall–Kier alpha value is -2.56. The lowest BCUT2D eigenvalue weighted by Gasteiger charge is -2.15. The number of carbonyl (C=O) groups excluding carboxylic acids is 2. The topological polar surface area (TPSA) is 73.6 Å². The highest BCUT2D eigenvalue weighted by Crippen LogP contribution is 2.32. The molecule has 0 heterocycles. The van der Waals surface area contributed by atoms with Crippen molar-refractivity contribution in [3.63, 3.8) is 0 Å². The first-order valence-electron chi connectivity index (χ1n) is 5.70. The molecule has 0 spiro atoms. The van der Waals surface area contributed by atoms with E-state index in [-0.39, 0.29) is 17.1 Å². The zero-order valence-electron chi connectivity index (χ0n) is 10.7. The van der Waals surface area contributed by atoms with Crippen molar-refractivity contribution in [3.05, 3.63) is 42.0 Å². The van der Waals surface area contributed by atoms with E-state index in [9.17, 15) is 9.59 Å². The lowest BCUT2D eigenvalue weighted by Crippen LogP contribution is -2.10. The fourth-order valence-electron chi connectivity index (χ4n) is 1.84. The molecule has 5 heteroatoms. The number of hydrogen-bond donors (Lipinski definition) is 1. The normalized spacial score (nSPS) is 14.3. The number of ketones is 2. The van der Waals surface area contributed by atoms with Gasteiger partial charge in [0.15, 0.2) is 11.6 Å². The third-order valence-corrected chi connectivity index (χ3v) is 2.86. The fourth-order valence-corrected chi connectivity index (χ4v) is 1.84. The van der Waals surface area contributed by atoms with Crippen LogP contribution in [0, 0.1) is 5.53 Å². The van der Waals surface area contributed by atoms with Gasteiger partial charge in [0.1, 0.15) is 0 Å². The molecule has 0 fully saturated rings. The molecule has 1 aliphatic rings. The molecule has 0 aliphatic heterocycles. The minimum Gasteiger partial charge on any atom is -0.378 e. The molecule has 5 nitrogen and oxygen atoms in total. The summed E-state index contributed by atoms with van der Waals surface area (Å²) in [6.07, 6.45) is 3.75. The van der Waals surface area contributed by atoms with Crippen LogP contribution in [0.25, 0.3) is 5.57 Å². The van der Waals surface area contributed by atoms with E-state index in [0.717, 1.165) is 5.69 Å². The number of nitrogens with one attached hydrogen (secondary N) is 1. The Morgan fingerprint density at radius 3 is 2.53 bits per heavy atom. The van der Waals surface area contributed by atoms with Crippen molar-refractivity contribution in [2.45, 2.75) is 0 Å². The molecular weight excluding hydrogens is 242 g/mol. The van der Waals surface area contributed by atoms with Crippen LogP contribution in [0.2, 0.25) is 0 Å². The molecule has 0 saturated carbocycles. The molecule has 0 atom stereocenters.